The molecule has 3 aromatic rings. The normalized spacial score (nSPS) is 23.1. The Balaban J connectivity index is 1.83. The molecule has 2 aliphatic rings. The minimum absolute atomic E-state index is 0.446. The molecule has 0 unspecified atom stereocenters. The van der Waals surface area contributed by atoms with Gasteiger partial charge >= 0.3 is 11.9 Å². The standard InChI is InChI=1S/C26H23NO5/c1-30-25(28)21-22(26(29)31-2)24-17-12-6-8-14-19(17)32-20-15-9-7-13-18(20)27(24)23(21)16-10-4-3-5-11-16/h3-15,21-24H,1-2H3/t21-,22+,23+,24-/m0/s1. The third-order valence-electron chi connectivity index (χ3n) is 6.36. The molecule has 5 rings (SSSR count). The molecule has 0 N–H and O–H groups in total. The van der Waals surface area contributed by atoms with Crippen molar-refractivity contribution in [3.8, 4) is 11.5 Å². The van der Waals surface area contributed by atoms with E-state index in [1.807, 2.05) is 78.9 Å². The first-order valence-electron chi connectivity index (χ1n) is 10.5. The van der Waals surface area contributed by atoms with E-state index >= 15 is 0 Å². The Bertz CT molecular complexity index is 1160. The van der Waals surface area contributed by atoms with Gasteiger partial charge in [-0.1, -0.05) is 60.7 Å². The van der Waals surface area contributed by atoms with Gasteiger partial charge in [-0.05, 0) is 23.8 Å². The molecule has 32 heavy (non-hydrogen) atoms. The fourth-order valence-electron chi connectivity index (χ4n) is 5.09. The summed E-state index contributed by atoms with van der Waals surface area (Å²) in [4.78, 5) is 28.5. The van der Waals surface area contributed by atoms with Gasteiger partial charge in [0.25, 0.3) is 0 Å². The van der Waals surface area contributed by atoms with Crippen LogP contribution in [0.25, 0.3) is 0 Å². The fraction of sp³-hybridized carbons (Fsp3) is 0.231. The lowest BCUT2D eigenvalue weighted by molar-refractivity contribution is -0.157. The number of hydrogen-bond donors (Lipinski definition) is 0. The molecule has 6 nitrogen and oxygen atoms in total. The summed E-state index contributed by atoms with van der Waals surface area (Å²) in [5, 5.41) is 0. The molecular formula is C26H23NO5. The summed E-state index contributed by atoms with van der Waals surface area (Å²) in [5.41, 5.74) is 2.54. The summed E-state index contributed by atoms with van der Waals surface area (Å²) in [7, 11) is 2.71. The fourth-order valence-corrected chi connectivity index (χ4v) is 5.09. The maximum Gasteiger partial charge on any atom is 0.312 e. The number of methoxy groups -OCH3 is 2. The van der Waals surface area contributed by atoms with Gasteiger partial charge in [0.05, 0.1) is 43.8 Å². The van der Waals surface area contributed by atoms with E-state index in [9.17, 15) is 9.59 Å². The van der Waals surface area contributed by atoms with Gasteiger partial charge in [0, 0.05) is 5.56 Å². The molecule has 0 bridgehead atoms. The second kappa shape index (κ2) is 8.04. The van der Waals surface area contributed by atoms with Crippen LogP contribution >= 0.6 is 0 Å². The van der Waals surface area contributed by atoms with Gasteiger partial charge in [0.2, 0.25) is 0 Å². The number of fused-ring (bicyclic) bond motifs is 5. The molecule has 2 aliphatic heterocycles. The average molecular weight is 429 g/mol. The number of para-hydroxylation sites is 3. The highest BCUT2D eigenvalue weighted by molar-refractivity contribution is 5.87. The van der Waals surface area contributed by atoms with Crippen LogP contribution in [0.5, 0.6) is 11.5 Å². The zero-order valence-electron chi connectivity index (χ0n) is 17.8. The molecule has 1 fully saturated rings. The van der Waals surface area contributed by atoms with E-state index in [-0.39, 0.29) is 0 Å². The zero-order valence-corrected chi connectivity index (χ0v) is 17.8. The van der Waals surface area contributed by atoms with E-state index in [1.54, 1.807) is 0 Å². The van der Waals surface area contributed by atoms with Gasteiger partial charge in [0.1, 0.15) is 5.75 Å². The Kier molecular flexibility index (Phi) is 5.05. The molecule has 1 saturated heterocycles. The molecule has 0 amide bonds. The lowest BCUT2D eigenvalue weighted by atomic mass is 9.82. The summed E-state index contributed by atoms with van der Waals surface area (Å²) < 4.78 is 16.7. The smallest absolute Gasteiger partial charge is 0.312 e. The van der Waals surface area contributed by atoms with E-state index in [4.69, 9.17) is 14.2 Å². The minimum atomic E-state index is -0.784. The molecule has 2 heterocycles. The number of carbonyl (C=O) groups is 2. The van der Waals surface area contributed by atoms with Crippen molar-refractivity contribution in [2.45, 2.75) is 12.1 Å². The zero-order chi connectivity index (χ0) is 22.2. The van der Waals surface area contributed by atoms with Crippen LogP contribution in [0.4, 0.5) is 5.69 Å². The third kappa shape index (κ3) is 3.02. The molecule has 3 aromatic carbocycles. The summed E-state index contributed by atoms with van der Waals surface area (Å²) in [6.45, 7) is 0. The van der Waals surface area contributed by atoms with Crippen LogP contribution in [0.15, 0.2) is 78.9 Å². The molecule has 162 valence electrons. The van der Waals surface area contributed by atoms with E-state index in [0.717, 1.165) is 16.8 Å². The molecule has 6 heteroatoms. The summed E-state index contributed by atoms with van der Waals surface area (Å²) in [6, 6.07) is 24.1. The first-order chi connectivity index (χ1) is 15.7. The van der Waals surface area contributed by atoms with Crippen molar-refractivity contribution in [3.63, 3.8) is 0 Å². The lowest BCUT2D eigenvalue weighted by Crippen LogP contribution is -2.32. The van der Waals surface area contributed by atoms with Crippen molar-refractivity contribution >= 4 is 17.6 Å². The average Bonchev–Trinajstić information content (AvgIpc) is 3.12. The van der Waals surface area contributed by atoms with Crippen molar-refractivity contribution in [1.82, 2.24) is 0 Å². The number of benzene rings is 3. The monoisotopic (exact) mass is 429 g/mol. The van der Waals surface area contributed by atoms with Gasteiger partial charge in [-0.15, -0.1) is 0 Å². The van der Waals surface area contributed by atoms with Crippen LogP contribution in [-0.4, -0.2) is 26.2 Å². The second-order valence-corrected chi connectivity index (χ2v) is 7.91. The summed E-state index contributed by atoms with van der Waals surface area (Å²) >= 11 is 0. The van der Waals surface area contributed by atoms with E-state index in [1.165, 1.54) is 14.2 Å². The highest BCUT2D eigenvalue weighted by Gasteiger charge is 2.59. The van der Waals surface area contributed by atoms with Crippen LogP contribution in [0, 0.1) is 11.8 Å². The molecule has 0 radical (unpaired) electrons. The summed E-state index contributed by atoms with van der Waals surface area (Å²) in [6.07, 6.45) is 0. The van der Waals surface area contributed by atoms with Gasteiger partial charge in [0.15, 0.2) is 5.75 Å². The molecule has 0 aromatic heterocycles. The number of rotatable bonds is 3. The van der Waals surface area contributed by atoms with Crippen molar-refractivity contribution in [1.29, 1.82) is 0 Å². The van der Waals surface area contributed by atoms with E-state index in [2.05, 4.69) is 4.90 Å². The van der Waals surface area contributed by atoms with Gasteiger partial charge in [-0.25, -0.2) is 0 Å². The maximum absolute atomic E-state index is 13.2. The molecule has 0 saturated carbocycles. The molecule has 0 spiro atoms. The van der Waals surface area contributed by atoms with Crippen molar-refractivity contribution in [3.05, 3.63) is 90.0 Å². The highest BCUT2D eigenvalue weighted by atomic mass is 16.5. The molecule has 0 aliphatic carbocycles. The van der Waals surface area contributed by atoms with E-state index < -0.39 is 35.9 Å². The topological polar surface area (TPSA) is 65.1 Å². The van der Waals surface area contributed by atoms with Gasteiger partial charge in [-0.3, -0.25) is 9.59 Å². The first kappa shape index (κ1) is 20.1. The van der Waals surface area contributed by atoms with Crippen LogP contribution in [0.1, 0.15) is 23.2 Å². The Morgan fingerprint density at radius 3 is 1.97 bits per heavy atom. The predicted molar refractivity (Wildman–Crippen MR) is 118 cm³/mol. The molecule has 4 atom stereocenters. The third-order valence-corrected chi connectivity index (χ3v) is 6.36. The molecular weight excluding hydrogens is 406 g/mol. The number of nitrogens with zero attached hydrogens (tertiary/aromatic N) is 1. The van der Waals surface area contributed by atoms with Crippen molar-refractivity contribution in [2.75, 3.05) is 19.1 Å². The lowest BCUT2D eigenvalue weighted by Gasteiger charge is -2.33. The number of anilines is 1. The Morgan fingerprint density at radius 1 is 0.719 bits per heavy atom. The highest BCUT2D eigenvalue weighted by Crippen LogP contribution is 2.59. The van der Waals surface area contributed by atoms with E-state index in [0.29, 0.717) is 11.5 Å². The number of ether oxygens (including phenoxy) is 3. The maximum atomic E-state index is 13.2. The van der Waals surface area contributed by atoms with Crippen LogP contribution < -0.4 is 9.64 Å². The first-order valence-corrected chi connectivity index (χ1v) is 10.5. The summed E-state index contributed by atoms with van der Waals surface area (Å²) in [5.74, 6) is -1.13. The quantitative estimate of drug-likeness (QED) is 0.564. The number of hydrogen-bond acceptors (Lipinski definition) is 6. The van der Waals surface area contributed by atoms with Crippen LogP contribution in [0.2, 0.25) is 0 Å². The Morgan fingerprint density at radius 2 is 1.28 bits per heavy atom. The Labute approximate surface area is 186 Å². The largest absolute Gasteiger partial charge is 0.469 e. The second-order valence-electron chi connectivity index (χ2n) is 7.91. The van der Waals surface area contributed by atoms with Crippen molar-refractivity contribution < 1.29 is 23.8 Å². The van der Waals surface area contributed by atoms with Gasteiger partial charge in [-0.2, -0.15) is 0 Å². The number of carbonyl (C=O) groups excluding carboxylic acids is 2. The van der Waals surface area contributed by atoms with Gasteiger partial charge < -0.3 is 19.1 Å². The van der Waals surface area contributed by atoms with Crippen LogP contribution in [0.3, 0.4) is 0 Å². The Hall–Kier alpha value is -3.80. The predicted octanol–water partition coefficient (Wildman–Crippen LogP) is 4.67. The SMILES string of the molecule is COC(=O)[C@@H]1[C@H](C(=O)OC)[C@@H](c2ccccc2)N2c3ccccc3Oc3ccccc3[C@@H]12. The minimum Gasteiger partial charge on any atom is -0.469 e. The number of esters is 2. The van der Waals surface area contributed by atoms with Crippen LogP contribution in [-0.2, 0) is 19.1 Å². The van der Waals surface area contributed by atoms with Crippen molar-refractivity contribution in [2.24, 2.45) is 11.8 Å².